The number of carboxylic acid groups (broad SMARTS) is 2. The minimum absolute atomic E-state index is 0.0592. The van der Waals surface area contributed by atoms with Crippen LogP contribution in [0.25, 0.3) is 0 Å². The third kappa shape index (κ3) is 10.9. The molecule has 0 aliphatic rings. The summed E-state index contributed by atoms with van der Waals surface area (Å²) in [6.07, 6.45) is -0.508. The molecule has 0 aromatic carbocycles. The minimum atomic E-state index is -1.59. The van der Waals surface area contributed by atoms with E-state index in [1.54, 1.807) is 0 Å². The summed E-state index contributed by atoms with van der Waals surface area (Å²) in [5.74, 6) is -6.65. The second-order valence-electron chi connectivity index (χ2n) is 6.34. The first-order valence-corrected chi connectivity index (χ1v) is 9.04. The zero-order valence-corrected chi connectivity index (χ0v) is 16.3. The van der Waals surface area contributed by atoms with Gasteiger partial charge in [-0.3, -0.25) is 24.0 Å². The highest BCUT2D eigenvalue weighted by Gasteiger charge is 2.31. The van der Waals surface area contributed by atoms with Crippen LogP contribution in [-0.2, 0) is 28.8 Å². The fraction of sp³-hybridized carbons (Fsp3) is 0.625. The van der Waals surface area contributed by atoms with Gasteiger partial charge in [0.2, 0.25) is 23.6 Å². The Morgan fingerprint density at radius 2 is 1.30 bits per heavy atom. The summed E-state index contributed by atoms with van der Waals surface area (Å²) >= 11 is 0. The Balaban J connectivity index is 5.34. The molecule has 0 aliphatic carbocycles. The molecule has 0 saturated heterocycles. The first kappa shape index (κ1) is 26.7. The van der Waals surface area contributed by atoms with Gasteiger partial charge in [-0.2, -0.15) is 0 Å². The number of nitrogens with one attached hydrogen (secondary N) is 3. The Morgan fingerprint density at radius 3 is 1.73 bits per heavy atom. The van der Waals surface area contributed by atoms with E-state index in [9.17, 15) is 33.9 Å². The molecule has 14 heteroatoms. The number of carboxylic acids is 2. The summed E-state index contributed by atoms with van der Waals surface area (Å²) in [6, 6.07) is -4.47. The Labute approximate surface area is 171 Å². The Hall–Kier alpha value is -3.26. The van der Waals surface area contributed by atoms with E-state index in [4.69, 9.17) is 22.3 Å². The lowest BCUT2D eigenvalue weighted by atomic mass is 10.1. The van der Waals surface area contributed by atoms with E-state index in [2.05, 4.69) is 16.0 Å². The molecule has 170 valence electrons. The van der Waals surface area contributed by atoms with Crippen LogP contribution in [0.15, 0.2) is 0 Å². The molecule has 4 amide bonds. The van der Waals surface area contributed by atoms with Crippen molar-refractivity contribution in [2.45, 2.75) is 50.2 Å². The molecule has 0 saturated carbocycles. The van der Waals surface area contributed by atoms with E-state index in [1.165, 1.54) is 0 Å². The molecule has 3 unspecified atom stereocenters. The zero-order chi connectivity index (χ0) is 23.3. The smallest absolute Gasteiger partial charge is 0.326 e. The second kappa shape index (κ2) is 13.8. The predicted molar refractivity (Wildman–Crippen MR) is 101 cm³/mol. The largest absolute Gasteiger partial charge is 0.481 e. The number of unbranched alkanes of at least 4 members (excludes halogenated alkanes) is 1. The van der Waals surface area contributed by atoms with Crippen LogP contribution < -0.4 is 33.2 Å². The molecule has 0 aliphatic heterocycles. The summed E-state index contributed by atoms with van der Waals surface area (Å²) in [6.45, 7) is -0.183. The Morgan fingerprint density at radius 1 is 0.767 bits per heavy atom. The first-order chi connectivity index (χ1) is 14.0. The van der Waals surface area contributed by atoms with Gasteiger partial charge in [-0.05, 0) is 25.8 Å². The van der Waals surface area contributed by atoms with E-state index >= 15 is 0 Å². The van der Waals surface area contributed by atoms with Gasteiger partial charge in [-0.25, -0.2) is 4.79 Å². The normalized spacial score (nSPS) is 13.4. The number of aliphatic carboxylic acids is 2. The molecule has 0 aromatic rings. The Kier molecular flexibility index (Phi) is 12.3. The number of nitrogens with two attached hydrogens (primary N) is 3. The van der Waals surface area contributed by atoms with Crippen LogP contribution in [0.5, 0.6) is 0 Å². The molecule has 0 bridgehead atoms. The zero-order valence-electron chi connectivity index (χ0n) is 16.3. The average molecular weight is 432 g/mol. The highest BCUT2D eigenvalue weighted by atomic mass is 16.4. The predicted octanol–water partition coefficient (Wildman–Crippen LogP) is -4.04. The van der Waals surface area contributed by atoms with Crippen LogP contribution in [0, 0.1) is 0 Å². The van der Waals surface area contributed by atoms with E-state index in [1.807, 2.05) is 0 Å². The van der Waals surface area contributed by atoms with Crippen molar-refractivity contribution in [3.63, 3.8) is 0 Å². The van der Waals surface area contributed by atoms with Crippen molar-refractivity contribution in [2.24, 2.45) is 17.2 Å². The molecule has 0 radical (unpaired) electrons. The molecule has 0 rings (SSSR count). The van der Waals surface area contributed by atoms with Gasteiger partial charge in [0.15, 0.2) is 0 Å². The Bertz CT molecular complexity index is 656. The van der Waals surface area contributed by atoms with Crippen molar-refractivity contribution in [1.29, 1.82) is 0 Å². The van der Waals surface area contributed by atoms with Crippen molar-refractivity contribution in [1.82, 2.24) is 16.0 Å². The maximum atomic E-state index is 12.4. The third-order valence-electron chi connectivity index (χ3n) is 3.82. The lowest BCUT2D eigenvalue weighted by Gasteiger charge is -2.23. The third-order valence-corrected chi connectivity index (χ3v) is 3.82. The van der Waals surface area contributed by atoms with E-state index < -0.39 is 73.1 Å². The molecule has 30 heavy (non-hydrogen) atoms. The molecule has 0 spiro atoms. The number of carbonyl (C=O) groups is 6. The van der Waals surface area contributed by atoms with Gasteiger partial charge in [-0.15, -0.1) is 0 Å². The van der Waals surface area contributed by atoms with Crippen LogP contribution in [0.4, 0.5) is 0 Å². The van der Waals surface area contributed by atoms with Crippen molar-refractivity contribution in [3.05, 3.63) is 0 Å². The van der Waals surface area contributed by atoms with Crippen LogP contribution in [0.3, 0.4) is 0 Å². The maximum absolute atomic E-state index is 12.4. The average Bonchev–Trinajstić information content (AvgIpc) is 2.64. The van der Waals surface area contributed by atoms with Gasteiger partial charge in [-0.1, -0.05) is 0 Å². The van der Waals surface area contributed by atoms with Gasteiger partial charge >= 0.3 is 11.9 Å². The van der Waals surface area contributed by atoms with Crippen LogP contribution in [0.1, 0.15) is 32.1 Å². The summed E-state index contributed by atoms with van der Waals surface area (Å²) in [5, 5.41) is 24.5. The van der Waals surface area contributed by atoms with Crippen LogP contribution in [0.2, 0.25) is 0 Å². The first-order valence-electron chi connectivity index (χ1n) is 9.04. The van der Waals surface area contributed by atoms with Gasteiger partial charge in [0, 0.05) is 0 Å². The summed E-state index contributed by atoms with van der Waals surface area (Å²) in [4.78, 5) is 69.8. The number of rotatable bonds is 15. The van der Waals surface area contributed by atoms with Crippen LogP contribution in [-0.4, -0.2) is 77.0 Å². The van der Waals surface area contributed by atoms with Gasteiger partial charge < -0.3 is 43.4 Å². The second-order valence-corrected chi connectivity index (χ2v) is 6.34. The fourth-order valence-electron chi connectivity index (χ4n) is 2.34. The number of primary amides is 1. The molecule has 3 atom stereocenters. The summed E-state index contributed by atoms with van der Waals surface area (Å²) in [7, 11) is 0. The highest BCUT2D eigenvalue weighted by Crippen LogP contribution is 2.04. The standard InChI is InChI=1S/C16H28N6O8/c17-4-2-1-3-8(16(29)30)21-14(27)9(5-11(19)23)22-15(28)10(6-13(25)26)20-12(24)7-18/h8-10H,1-7,17-18H2,(H2,19,23)(H,20,24)(H,21,27)(H,22,28)(H,25,26)(H,29,30). The maximum Gasteiger partial charge on any atom is 0.326 e. The monoisotopic (exact) mass is 432 g/mol. The fourth-order valence-corrected chi connectivity index (χ4v) is 2.34. The SMILES string of the molecule is NCCCCC(NC(=O)C(CC(N)=O)NC(=O)C(CC(=O)O)NC(=O)CN)C(=O)O. The minimum Gasteiger partial charge on any atom is -0.481 e. The van der Waals surface area contributed by atoms with Gasteiger partial charge in [0.1, 0.15) is 18.1 Å². The number of carbonyl (C=O) groups excluding carboxylic acids is 4. The summed E-state index contributed by atoms with van der Waals surface area (Å²) < 4.78 is 0. The van der Waals surface area contributed by atoms with E-state index in [-0.39, 0.29) is 6.42 Å². The lowest BCUT2D eigenvalue weighted by molar-refractivity contribution is -0.143. The quantitative estimate of drug-likeness (QED) is 0.116. The molecule has 0 aromatic heterocycles. The molecule has 14 nitrogen and oxygen atoms in total. The van der Waals surface area contributed by atoms with Crippen molar-refractivity contribution >= 4 is 35.6 Å². The van der Waals surface area contributed by atoms with Crippen molar-refractivity contribution < 1.29 is 39.0 Å². The van der Waals surface area contributed by atoms with Crippen molar-refractivity contribution in [3.8, 4) is 0 Å². The van der Waals surface area contributed by atoms with Crippen molar-refractivity contribution in [2.75, 3.05) is 13.1 Å². The molecular formula is C16H28N6O8. The molecule has 0 heterocycles. The number of hydrogen-bond acceptors (Lipinski definition) is 8. The number of hydrogen-bond donors (Lipinski definition) is 8. The lowest BCUT2D eigenvalue weighted by Crippen LogP contribution is -2.57. The molecule has 11 N–H and O–H groups in total. The van der Waals surface area contributed by atoms with E-state index in [0.717, 1.165) is 0 Å². The van der Waals surface area contributed by atoms with Gasteiger partial charge in [0.25, 0.3) is 0 Å². The number of amides is 4. The highest BCUT2D eigenvalue weighted by molar-refractivity contribution is 5.96. The topological polar surface area (TPSA) is 257 Å². The van der Waals surface area contributed by atoms with E-state index in [0.29, 0.717) is 19.4 Å². The molecule has 0 fully saturated rings. The van der Waals surface area contributed by atoms with Crippen LogP contribution >= 0.6 is 0 Å². The van der Waals surface area contributed by atoms with Gasteiger partial charge in [0.05, 0.1) is 19.4 Å². The summed E-state index contributed by atoms with van der Waals surface area (Å²) in [5.41, 5.74) is 15.5. The molecular weight excluding hydrogens is 404 g/mol.